The Morgan fingerprint density at radius 1 is 1.35 bits per heavy atom. The highest BCUT2D eigenvalue weighted by molar-refractivity contribution is 5.82. The van der Waals surface area contributed by atoms with E-state index in [0.717, 1.165) is 31.2 Å². The molecule has 1 saturated carbocycles. The number of likely N-dealkylation sites (N-methyl/N-ethyl adjacent to an activating group) is 1. The predicted molar refractivity (Wildman–Crippen MR) is 77.5 cm³/mol. The van der Waals surface area contributed by atoms with Crippen molar-refractivity contribution >= 4 is 5.91 Å². The SMILES string of the molecule is CN(C(C(=O)NN)c1ccccc1)C1CCCCC1O. The van der Waals surface area contributed by atoms with Gasteiger partial charge in [0.25, 0.3) is 5.91 Å². The molecule has 0 bridgehead atoms. The number of carbonyl (C=O) groups excluding carboxylic acids is 1. The fourth-order valence-electron chi connectivity index (χ4n) is 3.04. The number of benzene rings is 1. The number of hydrogen-bond acceptors (Lipinski definition) is 4. The van der Waals surface area contributed by atoms with Gasteiger partial charge in [0, 0.05) is 6.04 Å². The van der Waals surface area contributed by atoms with E-state index in [1.165, 1.54) is 0 Å². The standard InChI is InChI=1S/C15H23N3O2/c1-18(12-9-5-6-10-13(12)19)14(15(20)17-16)11-7-3-2-4-8-11/h2-4,7-8,12-14,19H,5-6,9-10,16H2,1H3,(H,17,20). The zero-order chi connectivity index (χ0) is 14.5. The maximum Gasteiger partial charge on any atom is 0.255 e. The van der Waals surface area contributed by atoms with E-state index in [9.17, 15) is 9.90 Å². The molecule has 1 fully saturated rings. The Balaban J connectivity index is 2.24. The van der Waals surface area contributed by atoms with Gasteiger partial charge < -0.3 is 5.11 Å². The summed E-state index contributed by atoms with van der Waals surface area (Å²) >= 11 is 0. The highest BCUT2D eigenvalue weighted by atomic mass is 16.3. The minimum atomic E-state index is -0.473. The van der Waals surface area contributed by atoms with Crippen molar-refractivity contribution in [1.82, 2.24) is 10.3 Å². The highest BCUT2D eigenvalue weighted by Crippen LogP contribution is 2.29. The van der Waals surface area contributed by atoms with Gasteiger partial charge in [0.15, 0.2) is 0 Å². The molecule has 1 aliphatic rings. The predicted octanol–water partition coefficient (Wildman–Crippen LogP) is 0.953. The van der Waals surface area contributed by atoms with Crippen molar-refractivity contribution in [3.8, 4) is 0 Å². The fourth-order valence-corrected chi connectivity index (χ4v) is 3.04. The third-order valence-electron chi connectivity index (χ3n) is 4.13. The molecule has 1 aromatic carbocycles. The Labute approximate surface area is 119 Å². The maximum absolute atomic E-state index is 12.1. The first-order chi connectivity index (χ1) is 9.65. The largest absolute Gasteiger partial charge is 0.391 e. The van der Waals surface area contributed by atoms with Crippen LogP contribution >= 0.6 is 0 Å². The zero-order valence-electron chi connectivity index (χ0n) is 11.8. The van der Waals surface area contributed by atoms with Crippen molar-refractivity contribution < 1.29 is 9.90 Å². The van der Waals surface area contributed by atoms with Crippen LogP contribution < -0.4 is 11.3 Å². The summed E-state index contributed by atoms with van der Waals surface area (Å²) in [5, 5.41) is 10.2. The first kappa shape index (κ1) is 15.0. The summed E-state index contributed by atoms with van der Waals surface area (Å²) in [6.45, 7) is 0. The smallest absolute Gasteiger partial charge is 0.255 e. The summed E-state index contributed by atoms with van der Waals surface area (Å²) in [6, 6.07) is 9.05. The Kier molecular flexibility index (Phi) is 5.11. The summed E-state index contributed by atoms with van der Waals surface area (Å²) in [6.07, 6.45) is 3.44. The number of carbonyl (C=O) groups is 1. The van der Waals surface area contributed by atoms with Crippen LogP contribution in [0, 0.1) is 0 Å². The van der Waals surface area contributed by atoms with Gasteiger partial charge in [-0.15, -0.1) is 0 Å². The number of hydrogen-bond donors (Lipinski definition) is 3. The van der Waals surface area contributed by atoms with Crippen LogP contribution in [0.1, 0.15) is 37.3 Å². The average molecular weight is 277 g/mol. The molecule has 2 rings (SSSR count). The summed E-state index contributed by atoms with van der Waals surface area (Å²) in [7, 11) is 1.88. The molecule has 20 heavy (non-hydrogen) atoms. The van der Waals surface area contributed by atoms with E-state index < -0.39 is 6.04 Å². The number of hydrazine groups is 1. The Bertz CT molecular complexity index is 438. The van der Waals surface area contributed by atoms with Gasteiger partial charge in [-0.2, -0.15) is 0 Å². The summed E-state index contributed by atoms with van der Waals surface area (Å²) in [5.41, 5.74) is 3.12. The van der Waals surface area contributed by atoms with E-state index in [1.807, 2.05) is 42.3 Å². The Hall–Kier alpha value is -1.43. The lowest BCUT2D eigenvalue weighted by molar-refractivity contribution is -0.128. The number of amides is 1. The second-order valence-electron chi connectivity index (χ2n) is 5.41. The molecule has 0 saturated heterocycles. The van der Waals surface area contributed by atoms with E-state index in [-0.39, 0.29) is 18.1 Å². The van der Waals surface area contributed by atoms with Crippen molar-refractivity contribution in [2.45, 2.75) is 43.9 Å². The molecular formula is C15H23N3O2. The monoisotopic (exact) mass is 277 g/mol. The minimum Gasteiger partial charge on any atom is -0.391 e. The third kappa shape index (κ3) is 3.17. The molecule has 0 heterocycles. The Morgan fingerprint density at radius 3 is 2.60 bits per heavy atom. The number of nitrogens with one attached hydrogen (secondary N) is 1. The Morgan fingerprint density at radius 2 is 2.00 bits per heavy atom. The van der Waals surface area contributed by atoms with E-state index >= 15 is 0 Å². The van der Waals surface area contributed by atoms with Crippen LogP contribution in [-0.2, 0) is 4.79 Å². The molecule has 110 valence electrons. The number of rotatable bonds is 4. The van der Waals surface area contributed by atoms with Gasteiger partial charge in [-0.05, 0) is 25.5 Å². The molecule has 1 aliphatic carbocycles. The number of aliphatic hydroxyl groups is 1. The van der Waals surface area contributed by atoms with Crippen LogP contribution in [-0.4, -0.2) is 35.1 Å². The maximum atomic E-state index is 12.1. The second kappa shape index (κ2) is 6.83. The second-order valence-corrected chi connectivity index (χ2v) is 5.41. The van der Waals surface area contributed by atoms with Gasteiger partial charge in [-0.25, -0.2) is 5.84 Å². The van der Waals surface area contributed by atoms with Gasteiger partial charge in [-0.3, -0.25) is 15.1 Å². The van der Waals surface area contributed by atoms with E-state index in [4.69, 9.17) is 5.84 Å². The molecule has 3 unspecified atom stereocenters. The quantitative estimate of drug-likeness (QED) is 0.435. The van der Waals surface area contributed by atoms with Gasteiger partial charge in [0.05, 0.1) is 6.10 Å². The summed E-state index contributed by atoms with van der Waals surface area (Å²) in [5.74, 6) is 5.07. The van der Waals surface area contributed by atoms with Crippen LogP contribution in [0.15, 0.2) is 30.3 Å². The lowest BCUT2D eigenvalue weighted by Gasteiger charge is -2.39. The van der Waals surface area contributed by atoms with Crippen molar-refractivity contribution in [2.24, 2.45) is 5.84 Å². The van der Waals surface area contributed by atoms with E-state index in [1.54, 1.807) is 0 Å². The number of aliphatic hydroxyl groups excluding tert-OH is 1. The molecule has 1 amide bonds. The lowest BCUT2D eigenvalue weighted by atomic mass is 9.90. The lowest BCUT2D eigenvalue weighted by Crippen LogP contribution is -2.50. The first-order valence-corrected chi connectivity index (χ1v) is 7.10. The molecule has 4 N–H and O–H groups in total. The summed E-state index contributed by atoms with van der Waals surface area (Å²) < 4.78 is 0. The molecule has 5 nitrogen and oxygen atoms in total. The molecule has 3 atom stereocenters. The van der Waals surface area contributed by atoms with Crippen LogP contribution in [0.4, 0.5) is 0 Å². The van der Waals surface area contributed by atoms with E-state index in [2.05, 4.69) is 5.43 Å². The molecule has 1 aromatic rings. The van der Waals surface area contributed by atoms with Crippen LogP contribution in [0.2, 0.25) is 0 Å². The van der Waals surface area contributed by atoms with Gasteiger partial charge in [0.2, 0.25) is 0 Å². The number of nitrogens with two attached hydrogens (primary N) is 1. The van der Waals surface area contributed by atoms with Crippen molar-refractivity contribution in [3.63, 3.8) is 0 Å². The van der Waals surface area contributed by atoms with Crippen LogP contribution in [0.3, 0.4) is 0 Å². The van der Waals surface area contributed by atoms with Crippen molar-refractivity contribution in [3.05, 3.63) is 35.9 Å². The van der Waals surface area contributed by atoms with Crippen LogP contribution in [0.5, 0.6) is 0 Å². The normalized spacial score (nSPS) is 24.4. The first-order valence-electron chi connectivity index (χ1n) is 7.10. The molecule has 0 spiro atoms. The van der Waals surface area contributed by atoms with Crippen molar-refractivity contribution in [1.29, 1.82) is 0 Å². The third-order valence-corrected chi connectivity index (χ3v) is 4.13. The highest BCUT2D eigenvalue weighted by Gasteiger charge is 2.34. The zero-order valence-corrected chi connectivity index (χ0v) is 11.8. The minimum absolute atomic E-state index is 0.00810. The van der Waals surface area contributed by atoms with Gasteiger partial charge in [-0.1, -0.05) is 43.2 Å². The average Bonchev–Trinajstić information content (AvgIpc) is 2.48. The molecule has 0 aliphatic heterocycles. The topological polar surface area (TPSA) is 78.6 Å². The molecule has 5 heteroatoms. The summed E-state index contributed by atoms with van der Waals surface area (Å²) in [4.78, 5) is 14.1. The van der Waals surface area contributed by atoms with Gasteiger partial charge in [0.1, 0.15) is 6.04 Å². The molecule has 0 aromatic heterocycles. The number of nitrogens with zero attached hydrogens (tertiary/aromatic N) is 1. The molecule has 0 radical (unpaired) electrons. The van der Waals surface area contributed by atoms with E-state index in [0.29, 0.717) is 0 Å². The van der Waals surface area contributed by atoms with Crippen molar-refractivity contribution in [2.75, 3.05) is 7.05 Å². The fraction of sp³-hybridized carbons (Fsp3) is 0.533. The van der Waals surface area contributed by atoms with Gasteiger partial charge >= 0.3 is 0 Å². The van der Waals surface area contributed by atoms with Crippen LogP contribution in [0.25, 0.3) is 0 Å². The molecular weight excluding hydrogens is 254 g/mol.